The van der Waals surface area contributed by atoms with E-state index in [1.54, 1.807) is 0 Å². The van der Waals surface area contributed by atoms with Crippen LogP contribution in [0.2, 0.25) is 0 Å². The molecule has 1 N–H and O–H groups in total. The van der Waals surface area contributed by atoms with Crippen molar-refractivity contribution in [3.63, 3.8) is 0 Å². The van der Waals surface area contributed by atoms with Crippen molar-refractivity contribution in [3.8, 4) is 5.75 Å². The van der Waals surface area contributed by atoms with Crippen LogP contribution in [0.4, 0.5) is 5.69 Å². The Balaban J connectivity index is 2.31. The lowest BCUT2D eigenvalue weighted by atomic mass is 10.1. The van der Waals surface area contributed by atoms with Gasteiger partial charge in [0.05, 0.1) is 11.5 Å². The van der Waals surface area contributed by atoms with Crippen molar-refractivity contribution in [2.75, 3.05) is 26.3 Å². The minimum atomic E-state index is -0.624. The molecule has 0 saturated carbocycles. The van der Waals surface area contributed by atoms with Crippen molar-refractivity contribution in [3.05, 3.63) is 33.9 Å². The number of phenolic OH excluding ortho intramolecular Hbond substituents is 1. The summed E-state index contributed by atoms with van der Waals surface area (Å²) in [5.41, 5.74) is -0.389. The summed E-state index contributed by atoms with van der Waals surface area (Å²) in [5.74, 6) is -0.617. The number of nitro benzene ring substituents is 1. The number of nitro groups is 1. The topological polar surface area (TPSA) is 92.9 Å². The van der Waals surface area contributed by atoms with Crippen molar-refractivity contribution in [1.29, 1.82) is 0 Å². The third-order valence-corrected chi connectivity index (χ3v) is 2.92. The summed E-state index contributed by atoms with van der Waals surface area (Å²) in [5, 5.41) is 20.3. The molecule has 0 atom stereocenters. The second-order valence-corrected chi connectivity index (χ2v) is 4.22. The lowest BCUT2D eigenvalue weighted by Gasteiger charge is -2.19. The van der Waals surface area contributed by atoms with Crippen LogP contribution < -0.4 is 0 Å². The smallest absolute Gasteiger partial charge is 0.282 e. The molecule has 1 aromatic rings. The monoisotopic (exact) mass is 266 g/mol. The highest BCUT2D eigenvalue weighted by molar-refractivity contribution is 5.98. The molecule has 1 fully saturated rings. The van der Waals surface area contributed by atoms with Crippen LogP contribution >= 0.6 is 0 Å². The van der Waals surface area contributed by atoms with Gasteiger partial charge in [-0.2, -0.15) is 0 Å². The van der Waals surface area contributed by atoms with E-state index in [0.717, 1.165) is 12.1 Å². The van der Waals surface area contributed by atoms with Gasteiger partial charge in [0.15, 0.2) is 0 Å². The maximum atomic E-state index is 12.3. The van der Waals surface area contributed by atoms with Gasteiger partial charge in [-0.1, -0.05) is 0 Å². The van der Waals surface area contributed by atoms with Gasteiger partial charge in [0.25, 0.3) is 11.6 Å². The largest absolute Gasteiger partial charge is 0.508 e. The molecule has 0 aliphatic carbocycles. The molecular weight excluding hydrogens is 252 g/mol. The maximum absolute atomic E-state index is 12.3. The molecule has 0 bridgehead atoms. The number of nitrogens with zero attached hydrogens (tertiary/aromatic N) is 2. The summed E-state index contributed by atoms with van der Waals surface area (Å²) in [6, 6.07) is 3.46. The Kier molecular flexibility index (Phi) is 3.96. The summed E-state index contributed by atoms with van der Waals surface area (Å²) in [7, 11) is 0. The van der Waals surface area contributed by atoms with Gasteiger partial charge in [-0.05, 0) is 18.6 Å². The predicted octanol–water partition coefficient (Wildman–Crippen LogP) is 1.16. The van der Waals surface area contributed by atoms with E-state index in [0.29, 0.717) is 32.7 Å². The number of benzene rings is 1. The lowest BCUT2D eigenvalue weighted by Crippen LogP contribution is -2.33. The summed E-state index contributed by atoms with van der Waals surface area (Å²) in [6.07, 6.45) is 0.693. The summed E-state index contributed by atoms with van der Waals surface area (Å²) in [6.45, 7) is 1.88. The van der Waals surface area contributed by atoms with Crippen molar-refractivity contribution in [2.45, 2.75) is 6.42 Å². The molecule has 7 heteroatoms. The highest BCUT2D eigenvalue weighted by atomic mass is 16.6. The summed E-state index contributed by atoms with van der Waals surface area (Å²) in [4.78, 5) is 24.1. The number of aromatic hydroxyl groups is 1. The van der Waals surface area contributed by atoms with Crippen LogP contribution in [0.1, 0.15) is 16.8 Å². The lowest BCUT2D eigenvalue weighted by molar-refractivity contribution is -0.385. The number of carbonyl (C=O) groups excluding carboxylic acids is 1. The van der Waals surface area contributed by atoms with E-state index in [2.05, 4.69) is 0 Å². The highest BCUT2D eigenvalue weighted by Gasteiger charge is 2.25. The quantitative estimate of drug-likeness (QED) is 0.640. The molecule has 0 spiro atoms. The molecule has 2 rings (SSSR count). The van der Waals surface area contributed by atoms with Gasteiger partial charge in [-0.25, -0.2) is 0 Å². The minimum absolute atomic E-state index is 0.0908. The van der Waals surface area contributed by atoms with Gasteiger partial charge >= 0.3 is 0 Å². The molecule has 7 nitrogen and oxygen atoms in total. The van der Waals surface area contributed by atoms with Gasteiger partial charge in [0, 0.05) is 25.8 Å². The van der Waals surface area contributed by atoms with Crippen LogP contribution in [0.15, 0.2) is 18.2 Å². The Morgan fingerprint density at radius 3 is 2.89 bits per heavy atom. The van der Waals surface area contributed by atoms with Crippen LogP contribution in [0.25, 0.3) is 0 Å². The zero-order valence-corrected chi connectivity index (χ0v) is 10.2. The number of carbonyl (C=O) groups is 1. The number of rotatable bonds is 2. The molecule has 1 aliphatic rings. The highest BCUT2D eigenvalue weighted by Crippen LogP contribution is 2.25. The Labute approximate surface area is 109 Å². The molecule has 19 heavy (non-hydrogen) atoms. The van der Waals surface area contributed by atoms with Crippen molar-refractivity contribution in [2.24, 2.45) is 0 Å². The second-order valence-electron chi connectivity index (χ2n) is 4.22. The van der Waals surface area contributed by atoms with Crippen LogP contribution in [-0.4, -0.2) is 47.1 Å². The van der Waals surface area contributed by atoms with Crippen LogP contribution in [0, 0.1) is 10.1 Å². The molecule has 1 heterocycles. The van der Waals surface area contributed by atoms with Crippen LogP contribution in [0.3, 0.4) is 0 Å². The van der Waals surface area contributed by atoms with E-state index < -0.39 is 10.8 Å². The van der Waals surface area contributed by atoms with Gasteiger partial charge in [0.1, 0.15) is 11.3 Å². The Morgan fingerprint density at radius 2 is 2.16 bits per heavy atom. The number of phenols is 1. The number of hydrogen-bond acceptors (Lipinski definition) is 5. The Morgan fingerprint density at radius 1 is 1.37 bits per heavy atom. The minimum Gasteiger partial charge on any atom is -0.508 e. The molecule has 1 aromatic carbocycles. The van der Waals surface area contributed by atoms with Crippen molar-refractivity contribution >= 4 is 11.6 Å². The van der Waals surface area contributed by atoms with Gasteiger partial charge in [-0.15, -0.1) is 0 Å². The Hall–Kier alpha value is -2.15. The summed E-state index contributed by atoms with van der Waals surface area (Å²) < 4.78 is 5.24. The molecular formula is C12H14N2O5. The molecule has 1 amide bonds. The van der Waals surface area contributed by atoms with E-state index in [9.17, 15) is 20.0 Å². The van der Waals surface area contributed by atoms with E-state index >= 15 is 0 Å². The number of ether oxygens (including phenoxy) is 1. The van der Waals surface area contributed by atoms with Gasteiger partial charge in [0.2, 0.25) is 0 Å². The Bertz CT molecular complexity index is 495. The predicted molar refractivity (Wildman–Crippen MR) is 66.1 cm³/mol. The first-order chi connectivity index (χ1) is 9.09. The molecule has 102 valence electrons. The zero-order valence-electron chi connectivity index (χ0n) is 10.2. The van der Waals surface area contributed by atoms with Gasteiger partial charge < -0.3 is 14.7 Å². The first-order valence-electron chi connectivity index (χ1n) is 5.94. The maximum Gasteiger partial charge on any atom is 0.282 e. The first kappa shape index (κ1) is 13.3. The second kappa shape index (κ2) is 5.66. The van der Waals surface area contributed by atoms with E-state index in [1.165, 1.54) is 11.0 Å². The van der Waals surface area contributed by atoms with Crippen LogP contribution in [-0.2, 0) is 4.74 Å². The fourth-order valence-corrected chi connectivity index (χ4v) is 1.97. The van der Waals surface area contributed by atoms with E-state index in [-0.39, 0.29) is 17.0 Å². The summed E-state index contributed by atoms with van der Waals surface area (Å²) >= 11 is 0. The third-order valence-electron chi connectivity index (χ3n) is 2.92. The SMILES string of the molecule is O=C(c1cc(O)ccc1[N+](=O)[O-])N1CCCOCC1. The van der Waals surface area contributed by atoms with E-state index in [4.69, 9.17) is 4.74 Å². The van der Waals surface area contributed by atoms with E-state index in [1.807, 2.05) is 0 Å². The number of amides is 1. The zero-order chi connectivity index (χ0) is 13.8. The fourth-order valence-electron chi connectivity index (χ4n) is 1.97. The van der Waals surface area contributed by atoms with Crippen molar-refractivity contribution in [1.82, 2.24) is 4.90 Å². The molecule has 1 aliphatic heterocycles. The normalized spacial score (nSPS) is 15.9. The molecule has 0 aromatic heterocycles. The molecule has 0 unspecified atom stereocenters. The fraction of sp³-hybridized carbons (Fsp3) is 0.417. The van der Waals surface area contributed by atoms with Crippen LogP contribution in [0.5, 0.6) is 5.75 Å². The van der Waals surface area contributed by atoms with Gasteiger partial charge in [-0.3, -0.25) is 14.9 Å². The first-order valence-corrected chi connectivity index (χ1v) is 5.94. The average Bonchev–Trinajstić information content (AvgIpc) is 2.66. The number of hydrogen-bond donors (Lipinski definition) is 1. The third kappa shape index (κ3) is 3.00. The standard InChI is InChI=1S/C12H14N2O5/c15-9-2-3-11(14(17)18)10(8-9)12(16)13-4-1-6-19-7-5-13/h2-3,8,15H,1,4-7H2. The molecule has 0 radical (unpaired) electrons. The average molecular weight is 266 g/mol. The molecule has 1 saturated heterocycles. The van der Waals surface area contributed by atoms with Crippen molar-refractivity contribution < 1.29 is 19.6 Å².